The summed E-state index contributed by atoms with van der Waals surface area (Å²) in [6, 6.07) is 19.8. The number of anilines is 1. The molecule has 0 radical (unpaired) electrons. The summed E-state index contributed by atoms with van der Waals surface area (Å²) in [4.78, 5) is 18.0. The molecule has 0 unspecified atom stereocenters. The smallest absolute Gasteiger partial charge is 0.279 e. The van der Waals surface area contributed by atoms with E-state index in [1.165, 1.54) is 39.9 Å². The van der Waals surface area contributed by atoms with Crippen LogP contribution in [-0.4, -0.2) is 25.4 Å². The Balaban J connectivity index is 1.46. The molecule has 33 heavy (non-hydrogen) atoms. The summed E-state index contributed by atoms with van der Waals surface area (Å²) in [5, 5.41) is 0. The third kappa shape index (κ3) is 3.79. The number of carbonyl (C=O) groups is 1. The summed E-state index contributed by atoms with van der Waals surface area (Å²) in [6.45, 7) is 5.17. The molecule has 1 aliphatic rings. The van der Waals surface area contributed by atoms with Crippen LogP contribution in [0.15, 0.2) is 76.6 Å². The van der Waals surface area contributed by atoms with Gasteiger partial charge >= 0.3 is 0 Å². The fraction of sp³-hybridized carbons (Fsp3) is 0.200. The van der Waals surface area contributed by atoms with E-state index in [0.29, 0.717) is 29.9 Å². The molecule has 1 aliphatic heterocycles. The number of benzene rings is 3. The lowest BCUT2D eigenvalue weighted by molar-refractivity contribution is 0.0997. The van der Waals surface area contributed by atoms with Gasteiger partial charge in [-0.1, -0.05) is 35.6 Å². The Morgan fingerprint density at radius 3 is 2.58 bits per heavy atom. The molecule has 1 aromatic heterocycles. The van der Waals surface area contributed by atoms with Crippen LogP contribution in [0, 0.1) is 6.92 Å². The normalized spacial score (nSPS) is 14.1. The van der Waals surface area contributed by atoms with Gasteiger partial charge in [-0.15, -0.1) is 0 Å². The number of hydrogen-bond donors (Lipinski definition) is 0. The molecule has 0 aliphatic carbocycles. The minimum absolute atomic E-state index is 0.164. The van der Waals surface area contributed by atoms with E-state index in [2.05, 4.69) is 11.1 Å². The number of nitrogens with zero attached hydrogens (tertiary/aromatic N) is 3. The lowest BCUT2D eigenvalue weighted by atomic mass is 10.2. The highest BCUT2D eigenvalue weighted by Gasteiger charge is 2.30. The molecular formula is C25H23N3O3S2. The Morgan fingerprint density at radius 2 is 1.82 bits per heavy atom. The van der Waals surface area contributed by atoms with Crippen molar-refractivity contribution in [2.24, 2.45) is 4.99 Å². The van der Waals surface area contributed by atoms with Crippen molar-refractivity contribution in [2.75, 3.05) is 10.8 Å². The largest absolute Gasteiger partial charge is 0.317 e. The second-order valence-corrected chi connectivity index (χ2v) is 10.9. The first-order valence-corrected chi connectivity index (χ1v) is 13.0. The molecule has 6 nitrogen and oxygen atoms in total. The van der Waals surface area contributed by atoms with Crippen molar-refractivity contribution in [2.45, 2.75) is 31.7 Å². The van der Waals surface area contributed by atoms with Crippen LogP contribution in [-0.2, 0) is 23.0 Å². The van der Waals surface area contributed by atoms with Crippen molar-refractivity contribution in [3.8, 4) is 0 Å². The van der Waals surface area contributed by atoms with Gasteiger partial charge in [0.25, 0.3) is 15.9 Å². The number of para-hydroxylation sites is 1. The summed E-state index contributed by atoms with van der Waals surface area (Å²) >= 11 is 1.48. The monoisotopic (exact) mass is 477 g/mol. The highest BCUT2D eigenvalue weighted by molar-refractivity contribution is 7.92. The number of aryl methyl sites for hydroxylation is 2. The minimum Gasteiger partial charge on any atom is -0.317 e. The number of amides is 1. The quantitative estimate of drug-likeness (QED) is 0.434. The Kier molecular flexibility index (Phi) is 5.42. The standard InChI is InChI=1S/C25H23N3O3S2/c1-3-27-22-13-8-17(2)16-23(22)32-25(27)26-24(29)19-9-11-20(12-10-19)33(30,31)28-15-14-18-6-4-5-7-21(18)28/h4-13,16H,3,14-15H2,1-2H3. The van der Waals surface area contributed by atoms with Gasteiger partial charge in [0.05, 0.1) is 20.8 Å². The molecule has 0 fully saturated rings. The van der Waals surface area contributed by atoms with Gasteiger partial charge in [0.15, 0.2) is 4.80 Å². The van der Waals surface area contributed by atoms with E-state index < -0.39 is 15.9 Å². The second-order valence-electron chi connectivity index (χ2n) is 8.00. The van der Waals surface area contributed by atoms with Crippen molar-refractivity contribution in [3.63, 3.8) is 0 Å². The maximum absolute atomic E-state index is 13.2. The van der Waals surface area contributed by atoms with Crippen LogP contribution in [0.25, 0.3) is 10.2 Å². The topological polar surface area (TPSA) is 71.7 Å². The van der Waals surface area contributed by atoms with Gasteiger partial charge in [0.1, 0.15) is 0 Å². The molecule has 0 bridgehead atoms. The first kappa shape index (κ1) is 21.6. The molecular weight excluding hydrogens is 454 g/mol. The predicted octanol–water partition coefficient (Wildman–Crippen LogP) is 4.52. The van der Waals surface area contributed by atoms with Gasteiger partial charge in [0.2, 0.25) is 0 Å². The summed E-state index contributed by atoms with van der Waals surface area (Å²) in [6.07, 6.45) is 0.691. The Bertz CT molecular complexity index is 1550. The van der Waals surface area contributed by atoms with E-state index in [4.69, 9.17) is 0 Å². The van der Waals surface area contributed by atoms with Gasteiger partial charge < -0.3 is 4.57 Å². The highest BCUT2D eigenvalue weighted by Crippen LogP contribution is 2.32. The highest BCUT2D eigenvalue weighted by atomic mass is 32.2. The zero-order valence-electron chi connectivity index (χ0n) is 18.4. The molecule has 8 heteroatoms. The van der Waals surface area contributed by atoms with E-state index >= 15 is 0 Å². The van der Waals surface area contributed by atoms with Crippen molar-refractivity contribution in [1.82, 2.24) is 4.57 Å². The number of rotatable bonds is 4. The lowest BCUT2D eigenvalue weighted by Gasteiger charge is -2.19. The van der Waals surface area contributed by atoms with Crippen LogP contribution in [0.5, 0.6) is 0 Å². The Morgan fingerprint density at radius 1 is 1.06 bits per heavy atom. The summed E-state index contributed by atoms with van der Waals surface area (Å²) < 4.78 is 30.9. The predicted molar refractivity (Wildman–Crippen MR) is 131 cm³/mol. The number of aromatic nitrogens is 1. The molecule has 0 saturated carbocycles. The van der Waals surface area contributed by atoms with Gasteiger partial charge in [-0.05, 0) is 73.9 Å². The molecule has 1 amide bonds. The van der Waals surface area contributed by atoms with Gasteiger partial charge in [-0.25, -0.2) is 8.42 Å². The third-order valence-corrected chi connectivity index (χ3v) is 8.75. The number of thiazole rings is 1. The maximum Gasteiger partial charge on any atom is 0.279 e. The molecule has 0 N–H and O–H groups in total. The SMILES string of the molecule is CCn1c(=NC(=O)c2ccc(S(=O)(=O)N3CCc4ccccc43)cc2)sc2cc(C)ccc21. The maximum atomic E-state index is 13.2. The molecule has 0 spiro atoms. The van der Waals surface area contributed by atoms with E-state index in [1.54, 1.807) is 0 Å². The van der Waals surface area contributed by atoms with E-state index in [9.17, 15) is 13.2 Å². The number of fused-ring (bicyclic) bond motifs is 2. The fourth-order valence-corrected chi connectivity index (χ4v) is 6.87. The average molecular weight is 478 g/mol. The first-order chi connectivity index (χ1) is 15.9. The summed E-state index contributed by atoms with van der Waals surface area (Å²) in [5.41, 5.74) is 4.30. The molecule has 168 valence electrons. The molecule has 4 aromatic rings. The number of carbonyl (C=O) groups excluding carboxylic acids is 1. The van der Waals surface area contributed by atoms with Crippen LogP contribution in [0.3, 0.4) is 0 Å². The third-order valence-electron chi connectivity index (χ3n) is 5.89. The van der Waals surface area contributed by atoms with Gasteiger partial charge in [-0.2, -0.15) is 4.99 Å². The van der Waals surface area contributed by atoms with Crippen LogP contribution < -0.4 is 9.11 Å². The van der Waals surface area contributed by atoms with Crippen LogP contribution in [0.2, 0.25) is 0 Å². The molecule has 2 heterocycles. The average Bonchev–Trinajstić information content (AvgIpc) is 3.40. The summed E-state index contributed by atoms with van der Waals surface area (Å²) in [5.74, 6) is -0.393. The summed E-state index contributed by atoms with van der Waals surface area (Å²) in [7, 11) is -3.70. The molecule has 3 aromatic carbocycles. The van der Waals surface area contributed by atoms with Crippen LogP contribution >= 0.6 is 11.3 Å². The second kappa shape index (κ2) is 8.28. The molecule has 5 rings (SSSR count). The number of sulfonamides is 1. The fourth-order valence-electron chi connectivity index (χ4n) is 4.18. The van der Waals surface area contributed by atoms with Gasteiger partial charge in [0, 0.05) is 18.7 Å². The van der Waals surface area contributed by atoms with Crippen molar-refractivity contribution >= 4 is 43.2 Å². The lowest BCUT2D eigenvalue weighted by Crippen LogP contribution is -2.29. The van der Waals surface area contributed by atoms with Crippen LogP contribution in [0.4, 0.5) is 5.69 Å². The first-order valence-electron chi connectivity index (χ1n) is 10.8. The van der Waals surface area contributed by atoms with E-state index in [1.807, 2.05) is 54.8 Å². The zero-order valence-corrected chi connectivity index (χ0v) is 20.0. The van der Waals surface area contributed by atoms with E-state index in [-0.39, 0.29) is 4.90 Å². The molecule has 0 saturated heterocycles. The zero-order chi connectivity index (χ0) is 23.2. The van der Waals surface area contributed by atoms with Crippen molar-refractivity contribution in [3.05, 3.63) is 88.2 Å². The van der Waals surface area contributed by atoms with E-state index in [0.717, 1.165) is 27.0 Å². The minimum atomic E-state index is -3.70. The Hall–Kier alpha value is -3.23. The van der Waals surface area contributed by atoms with Crippen LogP contribution in [0.1, 0.15) is 28.4 Å². The van der Waals surface area contributed by atoms with Crippen molar-refractivity contribution in [1.29, 1.82) is 0 Å². The number of hydrogen-bond acceptors (Lipinski definition) is 4. The van der Waals surface area contributed by atoms with Gasteiger partial charge in [-0.3, -0.25) is 9.10 Å². The van der Waals surface area contributed by atoms with Crippen molar-refractivity contribution < 1.29 is 13.2 Å². The molecule has 0 atom stereocenters. The Labute approximate surface area is 196 Å².